The number of nitrogens with zero attached hydrogens (tertiary/aromatic N) is 2. The Labute approximate surface area is 120 Å². The van der Waals surface area contributed by atoms with Crippen molar-refractivity contribution in [2.45, 2.75) is 51.9 Å². The number of benzene rings is 1. The van der Waals surface area contributed by atoms with Crippen molar-refractivity contribution in [1.29, 1.82) is 0 Å². The number of rotatable bonds is 8. The van der Waals surface area contributed by atoms with E-state index in [1.165, 1.54) is 25.7 Å². The van der Waals surface area contributed by atoms with Crippen LogP contribution >= 0.6 is 0 Å². The lowest BCUT2D eigenvalue weighted by molar-refractivity contribution is 0.0979. The SMILES string of the molecule is CCCCCCCCC(=O)c1ccc2nccnc2c1. The number of carbonyl (C=O) groups excluding carboxylic acids is 1. The maximum Gasteiger partial charge on any atom is 0.162 e. The summed E-state index contributed by atoms with van der Waals surface area (Å²) in [6.45, 7) is 2.21. The number of hydrogen-bond donors (Lipinski definition) is 0. The minimum atomic E-state index is 0.216. The highest BCUT2D eigenvalue weighted by Crippen LogP contribution is 2.14. The lowest BCUT2D eigenvalue weighted by Gasteiger charge is -2.03. The van der Waals surface area contributed by atoms with Gasteiger partial charge in [0.1, 0.15) is 0 Å². The summed E-state index contributed by atoms with van der Waals surface area (Å²) >= 11 is 0. The third-order valence-corrected chi connectivity index (χ3v) is 3.55. The summed E-state index contributed by atoms with van der Waals surface area (Å²) in [6, 6.07) is 5.58. The molecule has 2 rings (SSSR count). The van der Waals surface area contributed by atoms with Crippen molar-refractivity contribution in [2.24, 2.45) is 0 Å². The first-order valence-corrected chi connectivity index (χ1v) is 7.55. The van der Waals surface area contributed by atoms with Crippen molar-refractivity contribution in [3.8, 4) is 0 Å². The highest BCUT2D eigenvalue weighted by Gasteiger charge is 2.07. The molecule has 1 heterocycles. The fourth-order valence-corrected chi connectivity index (χ4v) is 2.35. The molecule has 2 aromatic rings. The Hall–Kier alpha value is -1.77. The molecule has 0 aliphatic carbocycles. The highest BCUT2D eigenvalue weighted by molar-refractivity contribution is 5.98. The van der Waals surface area contributed by atoms with Crippen molar-refractivity contribution in [3.05, 3.63) is 36.2 Å². The van der Waals surface area contributed by atoms with Crippen LogP contribution in [0.4, 0.5) is 0 Å². The van der Waals surface area contributed by atoms with Gasteiger partial charge in [0, 0.05) is 24.4 Å². The van der Waals surface area contributed by atoms with E-state index < -0.39 is 0 Å². The number of carbonyl (C=O) groups is 1. The fourth-order valence-electron chi connectivity index (χ4n) is 2.35. The molecule has 106 valence electrons. The van der Waals surface area contributed by atoms with Gasteiger partial charge >= 0.3 is 0 Å². The molecule has 0 aliphatic rings. The van der Waals surface area contributed by atoms with E-state index in [1.54, 1.807) is 12.4 Å². The molecule has 0 bridgehead atoms. The predicted molar refractivity (Wildman–Crippen MR) is 81.9 cm³/mol. The summed E-state index contributed by atoms with van der Waals surface area (Å²) < 4.78 is 0. The summed E-state index contributed by atoms with van der Waals surface area (Å²) in [4.78, 5) is 20.6. The third kappa shape index (κ3) is 4.12. The average molecular weight is 270 g/mol. The molecular formula is C17H22N2O. The second-order valence-electron chi connectivity index (χ2n) is 5.20. The molecule has 1 aromatic heterocycles. The minimum Gasteiger partial charge on any atom is -0.294 e. The summed E-state index contributed by atoms with van der Waals surface area (Å²) in [5, 5.41) is 0. The van der Waals surface area contributed by atoms with Crippen molar-refractivity contribution >= 4 is 16.8 Å². The van der Waals surface area contributed by atoms with Crippen LogP contribution in [0.5, 0.6) is 0 Å². The largest absolute Gasteiger partial charge is 0.294 e. The second-order valence-corrected chi connectivity index (χ2v) is 5.20. The monoisotopic (exact) mass is 270 g/mol. The first kappa shape index (κ1) is 14.6. The van der Waals surface area contributed by atoms with Crippen LogP contribution in [-0.4, -0.2) is 15.8 Å². The van der Waals surface area contributed by atoms with Crippen LogP contribution in [0.2, 0.25) is 0 Å². The zero-order valence-electron chi connectivity index (χ0n) is 12.1. The molecule has 3 heteroatoms. The Morgan fingerprint density at radius 1 is 0.950 bits per heavy atom. The zero-order valence-corrected chi connectivity index (χ0v) is 12.1. The van der Waals surface area contributed by atoms with Crippen LogP contribution in [0.25, 0.3) is 11.0 Å². The van der Waals surface area contributed by atoms with Gasteiger partial charge in [-0.3, -0.25) is 14.8 Å². The van der Waals surface area contributed by atoms with Crippen molar-refractivity contribution in [3.63, 3.8) is 0 Å². The van der Waals surface area contributed by atoms with Crippen LogP contribution in [0.3, 0.4) is 0 Å². The van der Waals surface area contributed by atoms with Crippen LogP contribution < -0.4 is 0 Å². The van der Waals surface area contributed by atoms with E-state index >= 15 is 0 Å². The van der Waals surface area contributed by atoms with Crippen LogP contribution in [0.1, 0.15) is 62.2 Å². The van der Waals surface area contributed by atoms with Crippen LogP contribution in [0, 0.1) is 0 Å². The molecule has 0 unspecified atom stereocenters. The average Bonchev–Trinajstić information content (AvgIpc) is 2.50. The third-order valence-electron chi connectivity index (χ3n) is 3.55. The Morgan fingerprint density at radius 2 is 1.65 bits per heavy atom. The first-order chi connectivity index (χ1) is 9.81. The molecule has 0 saturated carbocycles. The fraction of sp³-hybridized carbons (Fsp3) is 0.471. The van der Waals surface area contributed by atoms with Crippen molar-refractivity contribution in [2.75, 3.05) is 0 Å². The van der Waals surface area contributed by atoms with E-state index in [0.717, 1.165) is 29.4 Å². The van der Waals surface area contributed by atoms with Gasteiger partial charge in [-0.1, -0.05) is 39.0 Å². The molecule has 0 atom stereocenters. The Kier molecular flexibility index (Phi) is 5.66. The van der Waals surface area contributed by atoms with E-state index in [9.17, 15) is 4.79 Å². The van der Waals surface area contributed by atoms with E-state index in [2.05, 4.69) is 16.9 Å². The molecule has 3 nitrogen and oxygen atoms in total. The first-order valence-electron chi connectivity index (χ1n) is 7.55. The van der Waals surface area contributed by atoms with Gasteiger partial charge in [0.25, 0.3) is 0 Å². The molecule has 1 aromatic carbocycles. The van der Waals surface area contributed by atoms with Gasteiger partial charge in [-0.05, 0) is 24.6 Å². The molecule has 0 radical (unpaired) electrons. The van der Waals surface area contributed by atoms with Gasteiger partial charge in [-0.2, -0.15) is 0 Å². The van der Waals surface area contributed by atoms with Gasteiger partial charge in [-0.15, -0.1) is 0 Å². The number of hydrogen-bond acceptors (Lipinski definition) is 3. The number of aromatic nitrogens is 2. The molecule has 0 saturated heterocycles. The molecule has 0 N–H and O–H groups in total. The van der Waals surface area contributed by atoms with Gasteiger partial charge in [0.05, 0.1) is 11.0 Å². The summed E-state index contributed by atoms with van der Waals surface area (Å²) in [5.74, 6) is 0.216. The Morgan fingerprint density at radius 3 is 2.45 bits per heavy atom. The molecular weight excluding hydrogens is 248 g/mol. The van der Waals surface area contributed by atoms with Crippen LogP contribution in [0.15, 0.2) is 30.6 Å². The number of ketones is 1. The van der Waals surface area contributed by atoms with E-state index in [-0.39, 0.29) is 5.78 Å². The van der Waals surface area contributed by atoms with E-state index in [1.807, 2.05) is 18.2 Å². The lowest BCUT2D eigenvalue weighted by Crippen LogP contribution is -1.99. The molecule has 0 aliphatic heterocycles. The van der Waals surface area contributed by atoms with Crippen molar-refractivity contribution < 1.29 is 4.79 Å². The lowest BCUT2D eigenvalue weighted by atomic mass is 10.0. The summed E-state index contributed by atoms with van der Waals surface area (Å²) in [5.41, 5.74) is 2.39. The topological polar surface area (TPSA) is 42.9 Å². The standard InChI is InChI=1S/C17H22N2O/c1-2-3-4-5-6-7-8-17(20)14-9-10-15-16(13-14)19-12-11-18-15/h9-13H,2-8H2,1H3. The molecule has 0 amide bonds. The number of fused-ring (bicyclic) bond motifs is 1. The number of Topliss-reactive ketones (excluding diaryl/α,β-unsaturated/α-hetero) is 1. The second kappa shape index (κ2) is 7.73. The smallest absolute Gasteiger partial charge is 0.162 e. The van der Waals surface area contributed by atoms with Gasteiger partial charge in [0.2, 0.25) is 0 Å². The maximum absolute atomic E-state index is 12.1. The Bertz CT molecular complexity index is 566. The quantitative estimate of drug-likeness (QED) is 0.521. The van der Waals surface area contributed by atoms with Gasteiger partial charge in [0.15, 0.2) is 5.78 Å². The number of unbranched alkanes of at least 4 members (excludes halogenated alkanes) is 5. The highest BCUT2D eigenvalue weighted by atomic mass is 16.1. The predicted octanol–water partition coefficient (Wildman–Crippen LogP) is 4.56. The van der Waals surface area contributed by atoms with E-state index in [0.29, 0.717) is 6.42 Å². The van der Waals surface area contributed by atoms with Crippen LogP contribution in [-0.2, 0) is 0 Å². The van der Waals surface area contributed by atoms with Gasteiger partial charge < -0.3 is 0 Å². The van der Waals surface area contributed by atoms with E-state index in [4.69, 9.17) is 0 Å². The zero-order chi connectivity index (χ0) is 14.2. The van der Waals surface area contributed by atoms with Gasteiger partial charge in [-0.25, -0.2) is 0 Å². The minimum absolute atomic E-state index is 0.216. The summed E-state index contributed by atoms with van der Waals surface area (Å²) in [6.07, 6.45) is 11.2. The normalized spacial score (nSPS) is 10.8. The molecule has 0 spiro atoms. The van der Waals surface area contributed by atoms with Crippen molar-refractivity contribution in [1.82, 2.24) is 9.97 Å². The maximum atomic E-state index is 12.1. The molecule has 20 heavy (non-hydrogen) atoms. The molecule has 0 fully saturated rings. The Balaban J connectivity index is 1.84. The summed E-state index contributed by atoms with van der Waals surface area (Å²) in [7, 11) is 0.